The van der Waals surface area contributed by atoms with Crippen molar-refractivity contribution < 1.29 is 9.59 Å². The highest BCUT2D eigenvalue weighted by Gasteiger charge is 2.13. The second-order valence-electron chi connectivity index (χ2n) is 10.3. The topological polar surface area (TPSA) is 150 Å². The number of unbranched alkanes of at least 4 members (excludes halogenated alkanes) is 1. The zero-order valence-corrected chi connectivity index (χ0v) is 23.9. The zero-order chi connectivity index (χ0) is 30.2. The van der Waals surface area contributed by atoms with Crippen molar-refractivity contribution >= 4 is 33.6 Å². The van der Waals surface area contributed by atoms with E-state index in [1.165, 1.54) is 13.8 Å². The highest BCUT2D eigenvalue weighted by atomic mass is 16.2. The van der Waals surface area contributed by atoms with Gasteiger partial charge in [0.15, 0.2) is 0 Å². The average molecular weight is 577 g/mol. The van der Waals surface area contributed by atoms with Crippen LogP contribution in [0.4, 0.5) is 0 Å². The molecule has 0 unspecified atom stereocenters. The van der Waals surface area contributed by atoms with Gasteiger partial charge >= 0.3 is 11.4 Å². The Morgan fingerprint density at radius 1 is 0.595 bits per heavy atom. The number of aromatic amines is 2. The molecular weight excluding hydrogens is 540 g/mol. The first-order valence-corrected chi connectivity index (χ1v) is 14.1. The van der Waals surface area contributed by atoms with Crippen LogP contribution >= 0.6 is 0 Å². The van der Waals surface area contributed by atoms with E-state index in [2.05, 4.69) is 9.97 Å². The van der Waals surface area contributed by atoms with Gasteiger partial charge < -0.3 is 19.8 Å². The van der Waals surface area contributed by atoms with Crippen LogP contribution in [0, 0.1) is 0 Å². The first-order valence-electron chi connectivity index (χ1n) is 14.1. The Hall–Kier alpha value is -4.74. The number of nitrogens with zero attached hydrogens (tertiary/aromatic N) is 4. The summed E-state index contributed by atoms with van der Waals surface area (Å²) < 4.78 is 2.32. The summed E-state index contributed by atoms with van der Waals surface area (Å²) in [5.41, 5.74) is -0.693. The van der Waals surface area contributed by atoms with Gasteiger partial charge in [-0.05, 0) is 49.9 Å². The lowest BCUT2D eigenvalue weighted by Gasteiger charge is -2.24. The molecule has 2 amide bonds. The maximum Gasteiger partial charge on any atom is 0.328 e. The predicted octanol–water partition coefficient (Wildman–Crippen LogP) is 1.65. The quantitative estimate of drug-likeness (QED) is 0.231. The maximum atomic E-state index is 12.7. The number of hydrogen-bond donors (Lipinski definition) is 2. The minimum absolute atomic E-state index is 0.107. The monoisotopic (exact) mass is 576 g/mol. The molecule has 0 spiro atoms. The molecule has 0 saturated heterocycles. The summed E-state index contributed by atoms with van der Waals surface area (Å²) in [5.74, 6) is -0.214. The number of benzene rings is 2. The zero-order valence-electron chi connectivity index (χ0n) is 23.9. The Morgan fingerprint density at radius 2 is 0.952 bits per heavy atom. The lowest BCUT2D eigenvalue weighted by molar-refractivity contribution is -0.130. The number of amides is 2. The van der Waals surface area contributed by atoms with Crippen LogP contribution in [0.2, 0.25) is 0 Å². The maximum absolute atomic E-state index is 12.7. The molecule has 0 aliphatic heterocycles. The Bertz CT molecular complexity index is 1680. The second-order valence-corrected chi connectivity index (χ2v) is 10.3. The fraction of sp³-hybridized carbons (Fsp3) is 0.400. The van der Waals surface area contributed by atoms with Crippen LogP contribution in [-0.4, -0.2) is 66.9 Å². The van der Waals surface area contributed by atoms with E-state index in [-0.39, 0.29) is 36.0 Å². The number of para-hydroxylation sites is 2. The molecule has 42 heavy (non-hydrogen) atoms. The predicted molar refractivity (Wildman–Crippen MR) is 161 cm³/mol. The van der Waals surface area contributed by atoms with Gasteiger partial charge in [0, 0.05) is 53.1 Å². The van der Waals surface area contributed by atoms with Gasteiger partial charge in [-0.15, -0.1) is 0 Å². The summed E-state index contributed by atoms with van der Waals surface area (Å²) in [6.07, 6.45) is 2.19. The minimum atomic E-state index is -0.479. The molecule has 4 rings (SSSR count). The van der Waals surface area contributed by atoms with Crippen LogP contribution in [0.15, 0.2) is 67.7 Å². The van der Waals surface area contributed by atoms with E-state index in [9.17, 15) is 28.8 Å². The van der Waals surface area contributed by atoms with E-state index in [0.717, 1.165) is 9.13 Å². The number of hydrogen-bond acceptors (Lipinski definition) is 6. The summed E-state index contributed by atoms with van der Waals surface area (Å²) in [4.78, 5) is 83.5. The molecule has 0 radical (unpaired) electrons. The van der Waals surface area contributed by atoms with Gasteiger partial charge in [-0.3, -0.25) is 28.3 Å². The number of carbonyl (C=O) groups excluding carboxylic acids is 2. The molecule has 0 aliphatic rings. The molecule has 0 aliphatic carbocycles. The first-order chi connectivity index (χ1) is 20.2. The van der Waals surface area contributed by atoms with Crippen molar-refractivity contribution in [1.82, 2.24) is 28.9 Å². The first kappa shape index (κ1) is 30.2. The summed E-state index contributed by atoms with van der Waals surface area (Å²) in [6.45, 7) is 5.06. The SMILES string of the molecule is CC(=O)N(CCCCN(CCCn1c(=O)[nH]c2ccccc2c1=O)C(C)=O)CCCn1c(=O)[nH]c2ccccc2c1=O. The number of rotatable bonds is 13. The third kappa shape index (κ3) is 7.12. The Kier molecular flexibility index (Phi) is 9.89. The van der Waals surface area contributed by atoms with Gasteiger partial charge in [0.1, 0.15) is 0 Å². The molecule has 2 aromatic heterocycles. The van der Waals surface area contributed by atoms with Crippen LogP contribution < -0.4 is 22.5 Å². The van der Waals surface area contributed by atoms with Crippen molar-refractivity contribution in [2.45, 2.75) is 52.6 Å². The summed E-state index contributed by atoms with van der Waals surface area (Å²) >= 11 is 0. The van der Waals surface area contributed by atoms with E-state index in [0.29, 0.717) is 73.7 Å². The van der Waals surface area contributed by atoms with E-state index in [1.807, 2.05) is 0 Å². The molecule has 2 aromatic carbocycles. The lowest BCUT2D eigenvalue weighted by atomic mass is 10.2. The molecule has 0 atom stereocenters. The van der Waals surface area contributed by atoms with Crippen molar-refractivity contribution in [2.24, 2.45) is 0 Å². The van der Waals surface area contributed by atoms with Gasteiger partial charge in [0.25, 0.3) is 11.1 Å². The summed E-state index contributed by atoms with van der Waals surface area (Å²) in [6, 6.07) is 13.7. The Morgan fingerprint density at radius 3 is 1.33 bits per heavy atom. The standard InChI is InChI=1S/C30H36N6O6/c1-21(37)33(17-9-19-35-27(39)23-11-3-5-13-25(23)31-29(35)41)15-7-8-16-34(22(2)38)18-10-20-36-28(40)24-12-4-6-14-26(24)32-30(36)42/h3-6,11-14H,7-10,15-20H2,1-2H3,(H,31,41)(H,32,42). The highest BCUT2D eigenvalue weighted by molar-refractivity contribution is 5.77. The molecule has 222 valence electrons. The third-order valence-electron chi connectivity index (χ3n) is 7.39. The van der Waals surface area contributed by atoms with E-state index in [1.54, 1.807) is 58.3 Å². The molecule has 12 heteroatoms. The van der Waals surface area contributed by atoms with E-state index in [4.69, 9.17) is 0 Å². The van der Waals surface area contributed by atoms with Gasteiger partial charge in [-0.25, -0.2) is 9.59 Å². The van der Waals surface area contributed by atoms with Gasteiger partial charge in [-0.2, -0.15) is 0 Å². The fourth-order valence-corrected chi connectivity index (χ4v) is 5.10. The largest absolute Gasteiger partial charge is 0.343 e. The molecular formula is C30H36N6O6. The smallest absolute Gasteiger partial charge is 0.328 e. The van der Waals surface area contributed by atoms with Crippen molar-refractivity contribution in [3.8, 4) is 0 Å². The molecule has 2 heterocycles. The lowest BCUT2D eigenvalue weighted by Crippen LogP contribution is -2.38. The summed E-state index contributed by atoms with van der Waals surface area (Å²) in [5, 5.41) is 0.873. The van der Waals surface area contributed by atoms with Crippen LogP contribution in [0.1, 0.15) is 39.5 Å². The number of fused-ring (bicyclic) bond motifs is 2. The van der Waals surface area contributed by atoms with Crippen molar-refractivity contribution in [1.29, 1.82) is 0 Å². The number of aromatic nitrogens is 4. The minimum Gasteiger partial charge on any atom is -0.343 e. The molecule has 2 N–H and O–H groups in total. The molecule has 4 aromatic rings. The number of carbonyl (C=O) groups is 2. The van der Waals surface area contributed by atoms with Gasteiger partial charge in [0.2, 0.25) is 11.8 Å². The van der Waals surface area contributed by atoms with Crippen LogP contribution in [0.3, 0.4) is 0 Å². The van der Waals surface area contributed by atoms with Crippen molar-refractivity contribution in [2.75, 3.05) is 26.2 Å². The molecule has 0 fully saturated rings. The fourth-order valence-electron chi connectivity index (χ4n) is 5.10. The van der Waals surface area contributed by atoms with Crippen LogP contribution in [0.5, 0.6) is 0 Å². The average Bonchev–Trinajstić information content (AvgIpc) is 2.96. The normalized spacial score (nSPS) is 11.2. The van der Waals surface area contributed by atoms with E-state index >= 15 is 0 Å². The van der Waals surface area contributed by atoms with Gasteiger partial charge in [-0.1, -0.05) is 24.3 Å². The van der Waals surface area contributed by atoms with Gasteiger partial charge in [0.05, 0.1) is 21.8 Å². The number of H-pyrrole nitrogens is 2. The molecule has 0 saturated carbocycles. The highest BCUT2D eigenvalue weighted by Crippen LogP contribution is 2.06. The molecule has 0 bridgehead atoms. The van der Waals surface area contributed by atoms with Crippen molar-refractivity contribution in [3.05, 3.63) is 90.2 Å². The second kappa shape index (κ2) is 13.7. The van der Waals surface area contributed by atoms with Crippen LogP contribution in [-0.2, 0) is 22.7 Å². The Balaban J connectivity index is 1.25. The van der Waals surface area contributed by atoms with E-state index < -0.39 is 11.4 Å². The number of nitrogens with one attached hydrogen (secondary N) is 2. The van der Waals surface area contributed by atoms with Crippen molar-refractivity contribution in [3.63, 3.8) is 0 Å². The molecule has 12 nitrogen and oxygen atoms in total. The van der Waals surface area contributed by atoms with Crippen LogP contribution in [0.25, 0.3) is 21.8 Å². The third-order valence-corrected chi connectivity index (χ3v) is 7.39. The summed E-state index contributed by atoms with van der Waals surface area (Å²) in [7, 11) is 0. The Labute approximate surface area is 241 Å².